The molecule has 2 N–H and O–H groups in total. The van der Waals surface area contributed by atoms with Crippen molar-refractivity contribution in [3.8, 4) is 11.5 Å². The summed E-state index contributed by atoms with van der Waals surface area (Å²) in [6.45, 7) is -1.71. The minimum atomic E-state index is -4.72. The quantitative estimate of drug-likeness (QED) is 0.568. The van der Waals surface area contributed by atoms with Crippen LogP contribution in [-0.4, -0.2) is 25.7 Å². The van der Waals surface area contributed by atoms with Crippen molar-refractivity contribution in [3.63, 3.8) is 0 Å². The van der Waals surface area contributed by atoms with Gasteiger partial charge in [-0.15, -0.1) is 0 Å². The van der Waals surface area contributed by atoms with Crippen molar-refractivity contribution >= 4 is 28.9 Å². The number of carbonyl (C=O) groups is 1. The van der Waals surface area contributed by atoms with E-state index >= 15 is 0 Å². The van der Waals surface area contributed by atoms with Crippen molar-refractivity contribution in [2.45, 2.75) is 25.8 Å². The highest BCUT2D eigenvalue weighted by atomic mass is 35.5. The molecule has 0 spiro atoms. The summed E-state index contributed by atoms with van der Waals surface area (Å²) < 4.78 is 73.7. The van der Waals surface area contributed by atoms with Crippen molar-refractivity contribution in [1.29, 1.82) is 0 Å². The van der Waals surface area contributed by atoms with Crippen LogP contribution < -0.4 is 20.1 Å². The average Bonchev–Trinajstić information content (AvgIpc) is 2.62. The number of anilines is 2. The molecule has 0 aliphatic carbocycles. The number of nitrogens with one attached hydrogen (secondary N) is 2. The largest absolute Gasteiger partial charge is 0.493 e. The van der Waals surface area contributed by atoms with Crippen LogP contribution in [0.1, 0.15) is 12.5 Å². The van der Waals surface area contributed by atoms with E-state index in [0.717, 1.165) is 6.07 Å². The van der Waals surface area contributed by atoms with E-state index in [1.54, 1.807) is 0 Å². The smallest absolute Gasteiger partial charge is 0.418 e. The van der Waals surface area contributed by atoms with Crippen molar-refractivity contribution in [1.82, 2.24) is 0 Å². The Kier molecular flexibility index (Phi) is 7.12. The van der Waals surface area contributed by atoms with Crippen LogP contribution in [0.2, 0.25) is 5.02 Å². The van der Waals surface area contributed by atoms with Crippen LogP contribution in [0.25, 0.3) is 0 Å². The third kappa shape index (κ3) is 6.11. The molecule has 0 saturated carbocycles. The first kappa shape index (κ1) is 22.5. The van der Waals surface area contributed by atoms with E-state index in [4.69, 9.17) is 16.3 Å². The fourth-order valence-corrected chi connectivity index (χ4v) is 2.54. The summed E-state index contributed by atoms with van der Waals surface area (Å²) in [5.74, 6) is -1.01. The van der Waals surface area contributed by atoms with Gasteiger partial charge in [0.25, 0.3) is 0 Å². The van der Waals surface area contributed by atoms with E-state index in [1.807, 2.05) is 0 Å². The van der Waals surface area contributed by atoms with Gasteiger partial charge in [0.1, 0.15) is 6.04 Å². The Hall–Kier alpha value is -2.75. The lowest BCUT2D eigenvalue weighted by molar-refractivity contribution is -0.137. The van der Waals surface area contributed by atoms with Crippen molar-refractivity contribution in [2.75, 3.05) is 17.7 Å². The normalized spacial score (nSPS) is 12.4. The molecule has 0 aliphatic rings. The number of benzene rings is 2. The topological polar surface area (TPSA) is 59.6 Å². The number of hydrogen-bond donors (Lipinski definition) is 2. The Labute approximate surface area is 167 Å². The van der Waals surface area contributed by atoms with Crippen molar-refractivity contribution < 1.29 is 36.2 Å². The van der Waals surface area contributed by atoms with Crippen LogP contribution in [0.5, 0.6) is 11.5 Å². The second-order valence-electron chi connectivity index (χ2n) is 5.79. The first-order valence-electron chi connectivity index (χ1n) is 8.08. The molecule has 0 aliphatic heterocycles. The van der Waals surface area contributed by atoms with Crippen LogP contribution in [0.15, 0.2) is 36.4 Å². The molecule has 1 unspecified atom stereocenters. The lowest BCUT2D eigenvalue weighted by Crippen LogP contribution is -2.32. The molecule has 0 saturated heterocycles. The van der Waals surface area contributed by atoms with E-state index in [9.17, 15) is 26.7 Å². The summed E-state index contributed by atoms with van der Waals surface area (Å²) in [7, 11) is 1.27. The molecule has 5 nitrogen and oxygen atoms in total. The van der Waals surface area contributed by atoms with Crippen molar-refractivity contribution in [3.05, 3.63) is 47.0 Å². The van der Waals surface area contributed by atoms with Gasteiger partial charge in [0.15, 0.2) is 11.5 Å². The molecule has 0 heterocycles. The SMILES string of the molecule is COc1ccc(NC(C)C(=O)Nc2ccc(Cl)cc2C(F)(F)F)cc1OC(F)F. The number of amides is 1. The lowest BCUT2D eigenvalue weighted by Gasteiger charge is -2.19. The molecule has 1 atom stereocenters. The number of carbonyl (C=O) groups excluding carboxylic acids is 1. The molecule has 0 fully saturated rings. The van der Waals surface area contributed by atoms with Crippen LogP contribution in [0.4, 0.5) is 33.3 Å². The molecular weight excluding hydrogens is 423 g/mol. The molecule has 1 amide bonds. The average molecular weight is 439 g/mol. The standard InChI is InChI=1S/C18H16ClF5N2O3/c1-9(25-11-4-6-14(28-2)15(8-11)29-17(20)21)16(27)26-13-5-3-10(19)7-12(13)18(22,23)24/h3-9,17,25H,1-2H3,(H,26,27). The maximum Gasteiger partial charge on any atom is 0.418 e. The van der Waals surface area contributed by atoms with Gasteiger partial charge >= 0.3 is 12.8 Å². The number of hydrogen-bond acceptors (Lipinski definition) is 4. The number of halogens is 6. The van der Waals surface area contributed by atoms with Crippen LogP contribution in [0, 0.1) is 0 Å². The minimum Gasteiger partial charge on any atom is -0.493 e. The first-order valence-corrected chi connectivity index (χ1v) is 8.46. The highest BCUT2D eigenvalue weighted by Crippen LogP contribution is 2.36. The Morgan fingerprint density at radius 1 is 1.10 bits per heavy atom. The Morgan fingerprint density at radius 2 is 1.79 bits per heavy atom. The first-order chi connectivity index (χ1) is 13.5. The Balaban J connectivity index is 2.16. The lowest BCUT2D eigenvalue weighted by atomic mass is 10.1. The summed E-state index contributed by atoms with van der Waals surface area (Å²) in [6.07, 6.45) is -4.72. The van der Waals surface area contributed by atoms with Gasteiger partial charge < -0.3 is 20.1 Å². The minimum absolute atomic E-state index is 0.0453. The van der Waals surface area contributed by atoms with Crippen LogP contribution in [-0.2, 0) is 11.0 Å². The van der Waals surface area contributed by atoms with Crippen LogP contribution in [0.3, 0.4) is 0 Å². The van der Waals surface area contributed by atoms with E-state index in [0.29, 0.717) is 6.07 Å². The van der Waals surface area contributed by atoms with E-state index in [1.165, 1.54) is 38.3 Å². The predicted molar refractivity (Wildman–Crippen MR) is 97.8 cm³/mol. The van der Waals surface area contributed by atoms with Crippen molar-refractivity contribution in [2.24, 2.45) is 0 Å². The molecule has 158 valence electrons. The third-order valence-electron chi connectivity index (χ3n) is 3.70. The third-order valence-corrected chi connectivity index (χ3v) is 3.94. The monoisotopic (exact) mass is 438 g/mol. The number of rotatable bonds is 7. The van der Waals surface area contributed by atoms with Gasteiger partial charge in [-0.25, -0.2) is 0 Å². The zero-order valence-electron chi connectivity index (χ0n) is 15.1. The second-order valence-corrected chi connectivity index (χ2v) is 6.22. The molecule has 11 heteroatoms. The molecule has 0 radical (unpaired) electrons. The fraction of sp³-hybridized carbons (Fsp3) is 0.278. The molecular formula is C18H16ClF5N2O3. The summed E-state index contributed by atoms with van der Waals surface area (Å²) in [6, 6.07) is 5.89. The Morgan fingerprint density at radius 3 is 2.38 bits per heavy atom. The molecule has 0 aromatic heterocycles. The maximum absolute atomic E-state index is 13.1. The molecule has 2 aromatic carbocycles. The molecule has 29 heavy (non-hydrogen) atoms. The van der Waals surface area contributed by atoms with Gasteiger partial charge in [-0.2, -0.15) is 22.0 Å². The summed E-state index contributed by atoms with van der Waals surface area (Å²) in [5.41, 5.74) is -1.34. The highest BCUT2D eigenvalue weighted by molar-refractivity contribution is 6.30. The summed E-state index contributed by atoms with van der Waals surface area (Å²) >= 11 is 5.60. The van der Waals surface area contributed by atoms with Gasteiger partial charge in [0, 0.05) is 16.8 Å². The molecule has 2 aromatic rings. The van der Waals surface area contributed by atoms with E-state index in [2.05, 4.69) is 15.4 Å². The van der Waals surface area contributed by atoms with Gasteiger partial charge in [-0.1, -0.05) is 11.6 Å². The van der Waals surface area contributed by atoms with Gasteiger partial charge in [0.2, 0.25) is 5.91 Å². The van der Waals surface area contributed by atoms with Gasteiger partial charge in [-0.3, -0.25) is 4.79 Å². The predicted octanol–water partition coefficient (Wildman–Crippen LogP) is 5.41. The van der Waals surface area contributed by atoms with E-state index in [-0.39, 0.29) is 22.2 Å². The maximum atomic E-state index is 13.1. The molecule has 0 bridgehead atoms. The summed E-state index contributed by atoms with van der Waals surface area (Å²) in [5, 5.41) is 4.74. The Bertz CT molecular complexity index is 877. The zero-order valence-corrected chi connectivity index (χ0v) is 15.9. The number of ether oxygens (including phenoxy) is 2. The van der Waals surface area contributed by atoms with Gasteiger partial charge in [-0.05, 0) is 37.3 Å². The van der Waals surface area contributed by atoms with Crippen LogP contribution >= 0.6 is 11.6 Å². The molecule has 2 rings (SSSR count). The second kappa shape index (κ2) is 9.17. The number of methoxy groups -OCH3 is 1. The van der Waals surface area contributed by atoms with E-state index < -0.39 is 36.0 Å². The summed E-state index contributed by atoms with van der Waals surface area (Å²) in [4.78, 5) is 12.3. The highest BCUT2D eigenvalue weighted by Gasteiger charge is 2.34. The zero-order chi connectivity index (χ0) is 21.8. The fourth-order valence-electron chi connectivity index (χ4n) is 2.37. The van der Waals surface area contributed by atoms with Gasteiger partial charge in [0.05, 0.1) is 18.4 Å². The number of alkyl halides is 5.